The molecular formula is C22H25F3N2O2S. The maximum atomic E-state index is 14.9. The number of rotatable bonds is 5. The van der Waals surface area contributed by atoms with Crippen LogP contribution in [0.1, 0.15) is 18.9 Å². The number of hydrogen-bond donors (Lipinski definition) is 2. The zero-order valence-corrected chi connectivity index (χ0v) is 17.5. The van der Waals surface area contributed by atoms with Gasteiger partial charge in [-0.3, -0.25) is 9.52 Å². The number of carbonyl (C=O) groups excluding carboxylic acids is 1. The van der Waals surface area contributed by atoms with Crippen LogP contribution in [0.4, 0.5) is 13.2 Å². The van der Waals surface area contributed by atoms with Gasteiger partial charge < -0.3 is 9.64 Å². The molecule has 2 heterocycles. The number of carbonyl (C=O) groups is 1. The van der Waals surface area contributed by atoms with Crippen molar-refractivity contribution in [2.45, 2.75) is 44.1 Å². The quantitative estimate of drug-likeness (QED) is 0.549. The van der Waals surface area contributed by atoms with Crippen LogP contribution >= 0.6 is 12.8 Å². The fourth-order valence-corrected chi connectivity index (χ4v) is 3.96. The Morgan fingerprint density at radius 2 is 1.97 bits per heavy atom. The Morgan fingerprint density at radius 3 is 2.53 bits per heavy atom. The predicted octanol–water partition coefficient (Wildman–Crippen LogP) is 3.95. The number of thiol groups is 1. The zero-order valence-electron chi connectivity index (χ0n) is 16.6. The first-order chi connectivity index (χ1) is 14.4. The first kappa shape index (κ1) is 22.7. The minimum absolute atomic E-state index is 0.0579. The van der Waals surface area contributed by atoms with Gasteiger partial charge in [-0.1, -0.05) is 43.1 Å². The third-order valence-corrected chi connectivity index (χ3v) is 5.77. The van der Waals surface area contributed by atoms with E-state index in [0.29, 0.717) is 23.6 Å². The molecule has 2 aliphatic heterocycles. The summed E-state index contributed by atoms with van der Waals surface area (Å²) < 4.78 is 49.9. The lowest BCUT2D eigenvalue weighted by atomic mass is 9.96. The summed E-state index contributed by atoms with van der Waals surface area (Å²) in [5.41, 5.74) is 1.02. The molecule has 162 valence electrons. The minimum atomic E-state index is -1.28. The van der Waals surface area contributed by atoms with Crippen molar-refractivity contribution in [1.29, 1.82) is 0 Å². The van der Waals surface area contributed by atoms with Gasteiger partial charge in [0.15, 0.2) is 0 Å². The predicted molar refractivity (Wildman–Crippen MR) is 113 cm³/mol. The van der Waals surface area contributed by atoms with E-state index in [-0.39, 0.29) is 18.5 Å². The summed E-state index contributed by atoms with van der Waals surface area (Å²) in [5.74, 6) is -0.955. The SMILES string of the molecule is CC1CCO1.O=CN1CC(F)C(NS)C1Cc1cccc(-c2cccc(F)c2)c1F. The van der Waals surface area contributed by atoms with E-state index in [1.807, 2.05) is 0 Å². The van der Waals surface area contributed by atoms with E-state index in [9.17, 15) is 18.0 Å². The minimum Gasteiger partial charge on any atom is -0.378 e. The molecule has 2 aromatic rings. The molecule has 4 unspecified atom stereocenters. The summed E-state index contributed by atoms with van der Waals surface area (Å²) in [5, 5.41) is 0. The van der Waals surface area contributed by atoms with E-state index in [2.05, 4.69) is 24.5 Å². The molecule has 1 N–H and O–H groups in total. The number of halogens is 3. The largest absolute Gasteiger partial charge is 0.378 e. The molecule has 0 radical (unpaired) electrons. The highest BCUT2D eigenvalue weighted by Crippen LogP contribution is 2.29. The van der Waals surface area contributed by atoms with Gasteiger partial charge in [-0.25, -0.2) is 13.2 Å². The number of nitrogens with one attached hydrogen (secondary N) is 1. The second-order valence-corrected chi connectivity index (χ2v) is 7.76. The molecule has 1 amide bonds. The standard InChI is InChI=1S/C18H17F3N2OS.C4H8O/c19-13-5-1-3-11(7-13)14-6-2-4-12(17(14)21)8-16-18(22-25)15(20)9-23(16)10-24;1-4-2-3-5-4/h1-7,10,15-16,18,22,25H,8-9H2;4H,2-3H2,1H3. The Kier molecular flexibility index (Phi) is 7.80. The monoisotopic (exact) mass is 438 g/mol. The van der Waals surface area contributed by atoms with Gasteiger partial charge in [0.05, 0.1) is 24.7 Å². The van der Waals surface area contributed by atoms with Crippen molar-refractivity contribution in [3.05, 3.63) is 59.7 Å². The number of hydrogen-bond acceptors (Lipinski definition) is 4. The van der Waals surface area contributed by atoms with Crippen LogP contribution in [0, 0.1) is 11.6 Å². The van der Waals surface area contributed by atoms with Gasteiger partial charge in [-0.2, -0.15) is 0 Å². The van der Waals surface area contributed by atoms with Crippen LogP contribution in [0.15, 0.2) is 42.5 Å². The highest BCUT2D eigenvalue weighted by Gasteiger charge is 2.41. The summed E-state index contributed by atoms with van der Waals surface area (Å²) in [6, 6.07) is 9.24. The highest BCUT2D eigenvalue weighted by atomic mass is 32.1. The van der Waals surface area contributed by atoms with Gasteiger partial charge in [-0.05, 0) is 43.0 Å². The maximum Gasteiger partial charge on any atom is 0.210 e. The van der Waals surface area contributed by atoms with Crippen molar-refractivity contribution < 1.29 is 22.7 Å². The van der Waals surface area contributed by atoms with Crippen molar-refractivity contribution >= 4 is 19.2 Å². The van der Waals surface area contributed by atoms with Crippen LogP contribution < -0.4 is 4.72 Å². The number of ether oxygens (including phenoxy) is 1. The van der Waals surface area contributed by atoms with Crippen LogP contribution in [0.2, 0.25) is 0 Å². The van der Waals surface area contributed by atoms with Gasteiger partial charge in [-0.15, -0.1) is 0 Å². The maximum absolute atomic E-state index is 14.9. The summed E-state index contributed by atoms with van der Waals surface area (Å²) in [6.07, 6.45) is 1.25. The Morgan fingerprint density at radius 1 is 1.27 bits per heavy atom. The summed E-state index contributed by atoms with van der Waals surface area (Å²) in [4.78, 5) is 12.5. The molecule has 0 bridgehead atoms. The number of benzene rings is 2. The molecule has 8 heteroatoms. The summed E-state index contributed by atoms with van der Waals surface area (Å²) in [6.45, 7) is 3.02. The molecule has 2 aliphatic rings. The summed E-state index contributed by atoms with van der Waals surface area (Å²) >= 11 is 3.93. The van der Waals surface area contributed by atoms with Gasteiger partial charge >= 0.3 is 0 Å². The Balaban J connectivity index is 0.000000448. The number of nitrogens with zero attached hydrogens (tertiary/aromatic N) is 1. The normalized spacial score (nSPS) is 25.3. The van der Waals surface area contributed by atoms with Crippen LogP contribution in [-0.2, 0) is 16.0 Å². The molecule has 0 aliphatic carbocycles. The molecule has 30 heavy (non-hydrogen) atoms. The smallest absolute Gasteiger partial charge is 0.210 e. The van der Waals surface area contributed by atoms with E-state index >= 15 is 0 Å². The first-order valence-electron chi connectivity index (χ1n) is 9.84. The van der Waals surface area contributed by atoms with Gasteiger partial charge in [0, 0.05) is 12.2 Å². The van der Waals surface area contributed by atoms with E-state index in [1.54, 1.807) is 24.3 Å². The molecular weight excluding hydrogens is 413 g/mol. The van der Waals surface area contributed by atoms with Crippen LogP contribution in [-0.4, -0.2) is 48.8 Å². The third kappa shape index (κ3) is 5.17. The molecule has 2 saturated heterocycles. The van der Waals surface area contributed by atoms with E-state index in [4.69, 9.17) is 4.74 Å². The van der Waals surface area contributed by atoms with Crippen LogP contribution in [0.3, 0.4) is 0 Å². The van der Waals surface area contributed by atoms with Crippen molar-refractivity contribution in [3.63, 3.8) is 0 Å². The molecule has 4 nitrogen and oxygen atoms in total. The van der Waals surface area contributed by atoms with Crippen LogP contribution in [0.25, 0.3) is 11.1 Å². The van der Waals surface area contributed by atoms with E-state index < -0.39 is 29.9 Å². The second-order valence-electron chi connectivity index (χ2n) is 7.50. The highest BCUT2D eigenvalue weighted by molar-refractivity contribution is 7.78. The molecule has 0 aromatic heterocycles. The van der Waals surface area contributed by atoms with Crippen molar-refractivity contribution in [3.8, 4) is 11.1 Å². The van der Waals surface area contributed by atoms with Crippen molar-refractivity contribution in [1.82, 2.24) is 9.62 Å². The van der Waals surface area contributed by atoms with E-state index in [0.717, 1.165) is 6.61 Å². The molecule has 2 aromatic carbocycles. The molecule has 0 spiro atoms. The second kappa shape index (κ2) is 10.3. The Hall–Kier alpha value is -2.03. The average molecular weight is 439 g/mol. The molecule has 0 saturated carbocycles. The fourth-order valence-electron chi connectivity index (χ4n) is 3.63. The zero-order chi connectivity index (χ0) is 21.7. The van der Waals surface area contributed by atoms with Gasteiger partial charge in [0.2, 0.25) is 6.41 Å². The van der Waals surface area contributed by atoms with Gasteiger partial charge in [0.25, 0.3) is 0 Å². The molecule has 2 fully saturated rings. The lowest BCUT2D eigenvalue weighted by molar-refractivity contribution is -0.119. The fraction of sp³-hybridized carbons (Fsp3) is 0.409. The lowest BCUT2D eigenvalue weighted by Gasteiger charge is -2.25. The molecule has 4 rings (SSSR count). The summed E-state index contributed by atoms with van der Waals surface area (Å²) in [7, 11) is 0. The van der Waals surface area contributed by atoms with Gasteiger partial charge in [0.1, 0.15) is 17.8 Å². The lowest BCUT2D eigenvalue weighted by Crippen LogP contribution is -2.42. The number of amides is 1. The Labute approximate surface area is 180 Å². The third-order valence-electron chi connectivity index (χ3n) is 5.47. The average Bonchev–Trinajstić information content (AvgIpc) is 3.02. The topological polar surface area (TPSA) is 41.6 Å². The van der Waals surface area contributed by atoms with E-state index in [1.165, 1.54) is 29.5 Å². The number of likely N-dealkylation sites (tertiary alicyclic amines) is 1. The van der Waals surface area contributed by atoms with Crippen molar-refractivity contribution in [2.75, 3.05) is 13.2 Å². The number of alkyl halides is 1. The Bertz CT molecular complexity index is 866. The molecule has 4 atom stereocenters. The van der Waals surface area contributed by atoms with Crippen molar-refractivity contribution in [2.24, 2.45) is 0 Å². The first-order valence-corrected chi connectivity index (χ1v) is 10.3. The van der Waals surface area contributed by atoms with Crippen LogP contribution in [0.5, 0.6) is 0 Å².